The first-order valence-corrected chi connectivity index (χ1v) is 6.66. The maximum Gasteiger partial charge on any atom is 0.166 e. The number of hydrogen-bond donors (Lipinski definition) is 0. The average molecular weight is 242 g/mol. The summed E-state index contributed by atoms with van der Waals surface area (Å²) < 4.78 is 8.52. The van der Waals surface area contributed by atoms with Gasteiger partial charge in [0.15, 0.2) is 5.15 Å². The number of halogens is 1. The molecule has 0 aromatic carbocycles. The molecule has 4 fully saturated rings. The lowest BCUT2D eigenvalue weighted by atomic mass is 9.72. The largest absolute Gasteiger partial charge is 0.300 e. The molecule has 1 aromatic heterocycles. The van der Waals surface area contributed by atoms with E-state index in [2.05, 4.69) is 13.6 Å². The van der Waals surface area contributed by atoms with Gasteiger partial charge in [0, 0.05) is 25.0 Å². The quantitative estimate of drug-likeness (QED) is 0.753. The Bertz CT molecular complexity index is 377. The van der Waals surface area contributed by atoms with E-state index in [9.17, 15) is 0 Å². The summed E-state index contributed by atoms with van der Waals surface area (Å²) in [6.07, 6.45) is 2.71. The molecule has 15 heavy (non-hydrogen) atoms. The highest BCUT2D eigenvalue weighted by Gasteiger charge is 2.53. The van der Waals surface area contributed by atoms with Crippen molar-refractivity contribution in [2.75, 3.05) is 13.1 Å². The van der Waals surface area contributed by atoms with Crippen LogP contribution < -0.4 is 0 Å². The van der Waals surface area contributed by atoms with E-state index in [1.54, 1.807) is 0 Å². The van der Waals surface area contributed by atoms with Crippen molar-refractivity contribution in [3.05, 3.63) is 10.8 Å². The minimum absolute atomic E-state index is 0.603. The molecule has 5 rings (SSSR count). The SMILES string of the molecule is Clc1nsnc1C1C2CC3CC1CN3C2. The first-order valence-electron chi connectivity index (χ1n) is 5.55. The van der Waals surface area contributed by atoms with E-state index in [4.69, 9.17) is 11.6 Å². The van der Waals surface area contributed by atoms with E-state index in [0.717, 1.165) is 23.6 Å². The monoisotopic (exact) mass is 241 g/mol. The van der Waals surface area contributed by atoms with Gasteiger partial charge in [0.1, 0.15) is 0 Å². The summed E-state index contributed by atoms with van der Waals surface area (Å²) in [6, 6.07) is 0.877. The Labute approximate surface area is 97.8 Å². The molecule has 4 aliphatic rings. The first kappa shape index (κ1) is 8.90. The van der Waals surface area contributed by atoms with E-state index < -0.39 is 0 Å². The number of hydrogen-bond acceptors (Lipinski definition) is 4. The van der Waals surface area contributed by atoms with E-state index in [1.165, 1.54) is 37.7 Å². The molecule has 1 aliphatic carbocycles. The van der Waals surface area contributed by atoms with Gasteiger partial charge in [-0.2, -0.15) is 8.75 Å². The highest BCUT2D eigenvalue weighted by atomic mass is 35.5. The summed E-state index contributed by atoms with van der Waals surface area (Å²) in [6.45, 7) is 2.53. The molecule has 0 N–H and O–H groups in total. The zero-order valence-electron chi connectivity index (χ0n) is 8.27. The Morgan fingerprint density at radius 2 is 1.93 bits per heavy atom. The summed E-state index contributed by atoms with van der Waals surface area (Å²) in [5.41, 5.74) is 1.09. The predicted octanol–water partition coefficient (Wildman–Crippen LogP) is 2.00. The fourth-order valence-electron chi connectivity index (χ4n) is 3.95. The molecule has 4 heterocycles. The molecule has 1 saturated carbocycles. The van der Waals surface area contributed by atoms with Crippen LogP contribution in [0.25, 0.3) is 0 Å². The van der Waals surface area contributed by atoms with Gasteiger partial charge in [0.05, 0.1) is 17.4 Å². The number of piperidine rings is 1. The Morgan fingerprint density at radius 1 is 1.20 bits per heavy atom. The fourth-order valence-corrected chi connectivity index (χ4v) is 4.77. The van der Waals surface area contributed by atoms with Crippen molar-refractivity contribution in [3.8, 4) is 0 Å². The van der Waals surface area contributed by atoms with Crippen molar-refractivity contribution >= 4 is 23.3 Å². The molecule has 0 radical (unpaired) electrons. The highest BCUT2D eigenvalue weighted by molar-refractivity contribution is 6.99. The van der Waals surface area contributed by atoms with Gasteiger partial charge < -0.3 is 0 Å². The van der Waals surface area contributed by atoms with E-state index in [1.807, 2.05) is 0 Å². The fraction of sp³-hybridized carbons (Fsp3) is 0.800. The van der Waals surface area contributed by atoms with Gasteiger partial charge >= 0.3 is 0 Å². The maximum atomic E-state index is 6.11. The normalized spacial score (nSPS) is 46.6. The Hall–Kier alpha value is -0.190. The first-order chi connectivity index (χ1) is 7.33. The lowest BCUT2D eigenvalue weighted by molar-refractivity contribution is 0.219. The molecule has 3 nitrogen and oxygen atoms in total. The van der Waals surface area contributed by atoms with Crippen molar-refractivity contribution < 1.29 is 0 Å². The predicted molar refractivity (Wildman–Crippen MR) is 59.2 cm³/mol. The van der Waals surface area contributed by atoms with Crippen LogP contribution in [0.1, 0.15) is 24.5 Å². The van der Waals surface area contributed by atoms with Crippen LogP contribution in [0.3, 0.4) is 0 Å². The topological polar surface area (TPSA) is 29.0 Å². The molecule has 0 amide bonds. The Balaban J connectivity index is 1.76. The second kappa shape index (κ2) is 2.93. The van der Waals surface area contributed by atoms with Crippen molar-refractivity contribution in [1.29, 1.82) is 0 Å². The molecule has 3 aliphatic heterocycles. The summed E-state index contributed by atoms with van der Waals surface area (Å²) in [5, 5.41) is 0.661. The van der Waals surface area contributed by atoms with Gasteiger partial charge in [0.2, 0.25) is 0 Å². The summed E-state index contributed by atoms with van der Waals surface area (Å²) in [7, 11) is 0. The second-order valence-corrected chi connectivity index (χ2v) is 5.95. The van der Waals surface area contributed by atoms with Gasteiger partial charge in [-0.25, -0.2) is 0 Å². The van der Waals surface area contributed by atoms with Crippen LogP contribution in [-0.4, -0.2) is 32.8 Å². The van der Waals surface area contributed by atoms with Gasteiger partial charge in [-0.1, -0.05) is 11.6 Å². The van der Waals surface area contributed by atoms with E-state index in [0.29, 0.717) is 11.1 Å². The second-order valence-electron chi connectivity index (χ2n) is 5.07. The Kier molecular flexibility index (Phi) is 1.74. The van der Waals surface area contributed by atoms with Crippen LogP contribution in [0.2, 0.25) is 5.15 Å². The summed E-state index contributed by atoms with van der Waals surface area (Å²) >= 11 is 7.37. The molecule has 4 bridgehead atoms. The number of aromatic nitrogens is 2. The number of rotatable bonds is 1. The van der Waals surface area contributed by atoms with Gasteiger partial charge in [-0.15, -0.1) is 0 Å². The smallest absolute Gasteiger partial charge is 0.166 e. The van der Waals surface area contributed by atoms with Gasteiger partial charge in [0.25, 0.3) is 0 Å². The average Bonchev–Trinajstić information content (AvgIpc) is 2.82. The standard InChI is InChI=1S/C10H12ClN3S/c11-10-9(12-15-13-10)8-5-1-7-2-6(8)4-14(7)3-5/h5-8H,1-4H2. The molecule has 2 atom stereocenters. The maximum absolute atomic E-state index is 6.11. The molecular formula is C10H12ClN3S. The van der Waals surface area contributed by atoms with E-state index in [-0.39, 0.29) is 0 Å². The van der Waals surface area contributed by atoms with Crippen molar-refractivity contribution in [1.82, 2.24) is 13.6 Å². The van der Waals surface area contributed by atoms with Crippen LogP contribution >= 0.6 is 23.3 Å². The van der Waals surface area contributed by atoms with Gasteiger partial charge in [-0.3, -0.25) is 4.90 Å². The minimum atomic E-state index is 0.603. The van der Waals surface area contributed by atoms with Crippen LogP contribution in [0.4, 0.5) is 0 Å². The summed E-state index contributed by atoms with van der Waals surface area (Å²) in [5.74, 6) is 2.19. The molecule has 2 unspecified atom stereocenters. The Morgan fingerprint density at radius 3 is 2.47 bits per heavy atom. The van der Waals surface area contributed by atoms with Crippen LogP contribution in [0.15, 0.2) is 0 Å². The van der Waals surface area contributed by atoms with Gasteiger partial charge in [-0.05, 0) is 24.7 Å². The van der Waals surface area contributed by atoms with Crippen LogP contribution in [0.5, 0.6) is 0 Å². The number of nitrogens with zero attached hydrogens (tertiary/aromatic N) is 3. The van der Waals surface area contributed by atoms with Crippen LogP contribution in [-0.2, 0) is 0 Å². The third-order valence-electron chi connectivity index (χ3n) is 4.41. The third-order valence-corrected chi connectivity index (χ3v) is 5.33. The lowest BCUT2D eigenvalue weighted by Crippen LogP contribution is -2.34. The molecular weight excluding hydrogens is 230 g/mol. The lowest BCUT2D eigenvalue weighted by Gasteiger charge is -2.33. The van der Waals surface area contributed by atoms with Crippen molar-refractivity contribution in [2.24, 2.45) is 11.8 Å². The van der Waals surface area contributed by atoms with Crippen molar-refractivity contribution in [3.63, 3.8) is 0 Å². The third kappa shape index (κ3) is 1.10. The van der Waals surface area contributed by atoms with Crippen LogP contribution in [0, 0.1) is 11.8 Å². The minimum Gasteiger partial charge on any atom is -0.300 e. The molecule has 80 valence electrons. The molecule has 3 saturated heterocycles. The zero-order chi connectivity index (χ0) is 9.99. The highest BCUT2D eigenvalue weighted by Crippen LogP contribution is 2.54. The summed E-state index contributed by atoms with van der Waals surface area (Å²) in [4.78, 5) is 2.65. The van der Waals surface area contributed by atoms with Crippen molar-refractivity contribution in [2.45, 2.75) is 24.8 Å². The molecule has 1 aromatic rings. The molecule has 0 spiro atoms. The zero-order valence-corrected chi connectivity index (χ0v) is 9.84. The van der Waals surface area contributed by atoms with E-state index >= 15 is 0 Å². The molecule has 5 heteroatoms.